The Morgan fingerprint density at radius 1 is 1.24 bits per heavy atom. The number of benzene rings is 1. The quantitative estimate of drug-likeness (QED) is 0.857. The summed E-state index contributed by atoms with van der Waals surface area (Å²) in [6.45, 7) is 6.43. The lowest BCUT2D eigenvalue weighted by atomic mass is 10.1. The molecule has 1 fully saturated rings. The van der Waals surface area contributed by atoms with Crippen LogP contribution in [0.5, 0.6) is 0 Å². The maximum absolute atomic E-state index is 12.2. The van der Waals surface area contributed by atoms with Crippen molar-refractivity contribution in [1.29, 1.82) is 0 Å². The minimum atomic E-state index is -1.00. The van der Waals surface area contributed by atoms with E-state index < -0.39 is 23.7 Å². The zero-order valence-corrected chi connectivity index (χ0v) is 16.0. The molecule has 6 nitrogen and oxygen atoms in total. The Bertz CT molecular complexity index is 640. The van der Waals surface area contributed by atoms with E-state index in [0.29, 0.717) is 35.2 Å². The molecule has 1 atom stereocenters. The number of carbonyl (C=O) groups is 2. The molecule has 0 aliphatic carbocycles. The third-order valence-corrected chi connectivity index (χ3v) is 4.56. The van der Waals surface area contributed by atoms with E-state index in [0.717, 1.165) is 0 Å². The van der Waals surface area contributed by atoms with Gasteiger partial charge in [0.05, 0.1) is 6.54 Å². The second kappa shape index (κ2) is 7.81. The minimum Gasteiger partial charge on any atom is -0.480 e. The van der Waals surface area contributed by atoms with Gasteiger partial charge in [0.15, 0.2) is 0 Å². The maximum atomic E-state index is 12.2. The van der Waals surface area contributed by atoms with Gasteiger partial charge in [-0.2, -0.15) is 0 Å². The zero-order valence-electron chi connectivity index (χ0n) is 14.5. The van der Waals surface area contributed by atoms with Crippen molar-refractivity contribution in [2.24, 2.45) is 0 Å². The van der Waals surface area contributed by atoms with Gasteiger partial charge < -0.3 is 14.7 Å². The third-order valence-electron chi connectivity index (χ3n) is 3.85. The van der Waals surface area contributed by atoms with Crippen LogP contribution in [0.2, 0.25) is 10.0 Å². The van der Waals surface area contributed by atoms with E-state index in [4.69, 9.17) is 27.9 Å². The summed E-state index contributed by atoms with van der Waals surface area (Å²) in [5.74, 6) is -1.00. The number of carboxylic acids is 1. The van der Waals surface area contributed by atoms with Crippen molar-refractivity contribution in [3.63, 3.8) is 0 Å². The fraction of sp³-hybridized carbons (Fsp3) is 0.529. The first-order valence-corrected chi connectivity index (χ1v) is 8.72. The first-order chi connectivity index (χ1) is 11.6. The van der Waals surface area contributed by atoms with Crippen LogP contribution in [0, 0.1) is 0 Å². The Labute approximate surface area is 157 Å². The molecule has 0 radical (unpaired) electrons. The fourth-order valence-corrected chi connectivity index (χ4v) is 3.14. The molecule has 1 saturated heterocycles. The molecule has 25 heavy (non-hydrogen) atoms. The Morgan fingerprint density at radius 3 is 2.36 bits per heavy atom. The van der Waals surface area contributed by atoms with Crippen LogP contribution < -0.4 is 0 Å². The van der Waals surface area contributed by atoms with E-state index in [1.807, 2.05) is 0 Å². The monoisotopic (exact) mass is 388 g/mol. The summed E-state index contributed by atoms with van der Waals surface area (Å²) in [7, 11) is 0. The molecule has 2 rings (SSSR count). The van der Waals surface area contributed by atoms with Crippen LogP contribution in [-0.4, -0.2) is 58.2 Å². The summed E-state index contributed by atoms with van der Waals surface area (Å²) in [6, 6.07) is 4.32. The molecule has 1 heterocycles. The summed E-state index contributed by atoms with van der Waals surface area (Å²) < 4.78 is 5.33. The van der Waals surface area contributed by atoms with Gasteiger partial charge in [0, 0.05) is 35.2 Å². The van der Waals surface area contributed by atoms with Gasteiger partial charge in [-0.1, -0.05) is 29.3 Å². The highest BCUT2D eigenvalue weighted by atomic mass is 35.5. The van der Waals surface area contributed by atoms with Crippen LogP contribution >= 0.6 is 23.2 Å². The van der Waals surface area contributed by atoms with Crippen molar-refractivity contribution in [3.8, 4) is 0 Å². The minimum absolute atomic E-state index is 0.0479. The van der Waals surface area contributed by atoms with Crippen LogP contribution in [0.3, 0.4) is 0 Å². The van der Waals surface area contributed by atoms with Crippen molar-refractivity contribution in [2.75, 3.05) is 19.6 Å². The average Bonchev–Trinajstić information content (AvgIpc) is 2.49. The second-order valence-electron chi connectivity index (χ2n) is 6.95. The number of hydrogen-bond donors (Lipinski definition) is 1. The Balaban J connectivity index is 2.12. The molecule has 0 bridgehead atoms. The molecular weight excluding hydrogens is 367 g/mol. The lowest BCUT2D eigenvalue weighted by Gasteiger charge is -2.39. The number of halogens is 2. The number of carboxylic acid groups (broad SMARTS) is 1. The van der Waals surface area contributed by atoms with Gasteiger partial charge in [0.1, 0.15) is 11.6 Å². The highest BCUT2D eigenvalue weighted by Gasteiger charge is 2.36. The van der Waals surface area contributed by atoms with E-state index in [9.17, 15) is 14.7 Å². The van der Waals surface area contributed by atoms with Crippen molar-refractivity contribution in [2.45, 2.75) is 39.0 Å². The summed E-state index contributed by atoms with van der Waals surface area (Å²) >= 11 is 12.4. The molecule has 0 aromatic heterocycles. The fourth-order valence-electron chi connectivity index (χ4n) is 2.62. The predicted octanol–water partition coefficient (Wildman–Crippen LogP) is 3.50. The summed E-state index contributed by atoms with van der Waals surface area (Å²) in [4.78, 5) is 27.1. The smallest absolute Gasteiger partial charge is 0.410 e. The van der Waals surface area contributed by atoms with Gasteiger partial charge in [-0.3, -0.25) is 9.69 Å². The number of hydrogen-bond acceptors (Lipinski definition) is 4. The number of carbonyl (C=O) groups excluding carboxylic acids is 1. The number of ether oxygens (including phenoxy) is 1. The molecule has 1 aromatic rings. The van der Waals surface area contributed by atoms with E-state index in [2.05, 4.69) is 0 Å². The van der Waals surface area contributed by atoms with Crippen LogP contribution in [0.4, 0.5) is 4.79 Å². The van der Waals surface area contributed by atoms with E-state index in [1.165, 1.54) is 4.90 Å². The van der Waals surface area contributed by atoms with Gasteiger partial charge >= 0.3 is 12.1 Å². The normalized spacial score (nSPS) is 18.9. The molecule has 138 valence electrons. The Hall–Kier alpha value is -1.50. The molecule has 1 aliphatic rings. The van der Waals surface area contributed by atoms with Crippen LogP contribution in [0.1, 0.15) is 26.3 Å². The second-order valence-corrected chi connectivity index (χ2v) is 7.77. The average molecular weight is 389 g/mol. The van der Waals surface area contributed by atoms with Crippen molar-refractivity contribution < 1.29 is 19.4 Å². The molecule has 0 spiro atoms. The lowest BCUT2D eigenvalue weighted by Crippen LogP contribution is -2.57. The molecule has 1 N–H and O–H groups in total. The highest BCUT2D eigenvalue weighted by molar-refractivity contribution is 6.35. The van der Waals surface area contributed by atoms with Gasteiger partial charge in [-0.25, -0.2) is 4.79 Å². The number of amides is 1. The van der Waals surface area contributed by atoms with Crippen molar-refractivity contribution >= 4 is 35.3 Å². The molecule has 1 amide bonds. The number of aliphatic carboxylic acids is 1. The van der Waals surface area contributed by atoms with Gasteiger partial charge in [-0.05, 0) is 32.9 Å². The molecular formula is C17H22Cl2N2O4. The number of rotatable bonds is 3. The summed E-state index contributed by atoms with van der Waals surface area (Å²) in [5.41, 5.74) is 0.0562. The third kappa shape index (κ3) is 5.23. The van der Waals surface area contributed by atoms with E-state index >= 15 is 0 Å². The number of nitrogens with zero attached hydrogens (tertiary/aromatic N) is 2. The first kappa shape index (κ1) is 19.8. The molecule has 1 aromatic carbocycles. The topological polar surface area (TPSA) is 70.1 Å². The molecule has 1 aliphatic heterocycles. The van der Waals surface area contributed by atoms with Gasteiger partial charge in [0.2, 0.25) is 0 Å². The molecule has 1 unspecified atom stereocenters. The molecule has 0 saturated carbocycles. The Kier molecular flexibility index (Phi) is 6.19. The Morgan fingerprint density at radius 2 is 1.84 bits per heavy atom. The van der Waals surface area contributed by atoms with Crippen molar-refractivity contribution in [3.05, 3.63) is 33.8 Å². The van der Waals surface area contributed by atoms with Crippen molar-refractivity contribution in [1.82, 2.24) is 9.80 Å². The van der Waals surface area contributed by atoms with Crippen LogP contribution in [0.15, 0.2) is 18.2 Å². The highest BCUT2D eigenvalue weighted by Crippen LogP contribution is 2.27. The number of piperazine rings is 1. The predicted molar refractivity (Wildman–Crippen MR) is 96.1 cm³/mol. The first-order valence-electron chi connectivity index (χ1n) is 7.96. The lowest BCUT2D eigenvalue weighted by molar-refractivity contribution is -0.145. The van der Waals surface area contributed by atoms with Crippen LogP contribution in [-0.2, 0) is 16.1 Å². The SMILES string of the molecule is CC(C)(C)OC(=O)N1CCN(Cc2c(Cl)cccc2Cl)C(C(=O)O)C1. The van der Waals surface area contributed by atoms with Crippen LogP contribution in [0.25, 0.3) is 0 Å². The van der Waals surface area contributed by atoms with E-state index in [1.54, 1.807) is 43.9 Å². The molecule has 8 heteroatoms. The standard InChI is InChI=1S/C17H22Cl2N2O4/c1-17(2,3)25-16(24)21-8-7-20(14(10-21)15(22)23)9-11-12(18)5-4-6-13(11)19/h4-6,14H,7-10H2,1-3H3,(H,22,23). The summed E-state index contributed by atoms with van der Waals surface area (Å²) in [6.07, 6.45) is -0.505. The maximum Gasteiger partial charge on any atom is 0.410 e. The van der Waals surface area contributed by atoms with Gasteiger partial charge in [-0.15, -0.1) is 0 Å². The van der Waals surface area contributed by atoms with Gasteiger partial charge in [0.25, 0.3) is 0 Å². The van der Waals surface area contributed by atoms with E-state index in [-0.39, 0.29) is 6.54 Å². The summed E-state index contributed by atoms with van der Waals surface area (Å²) in [5, 5.41) is 10.6. The zero-order chi connectivity index (χ0) is 18.8. The largest absolute Gasteiger partial charge is 0.480 e.